The zero-order chi connectivity index (χ0) is 11.4. The van der Waals surface area contributed by atoms with E-state index < -0.39 is 0 Å². The van der Waals surface area contributed by atoms with Crippen molar-refractivity contribution in [1.29, 1.82) is 0 Å². The highest BCUT2D eigenvalue weighted by atomic mass is 32.1. The molecule has 2 rings (SSSR count). The molecule has 90 valence electrons. The number of aryl methyl sites for hydroxylation is 1. The first-order valence-corrected chi connectivity index (χ1v) is 6.54. The largest absolute Gasteiger partial charge is 0.374 e. The molecule has 0 aromatic carbocycles. The van der Waals surface area contributed by atoms with Crippen molar-refractivity contribution in [2.24, 2.45) is 0 Å². The summed E-state index contributed by atoms with van der Waals surface area (Å²) in [5.41, 5.74) is 1.13. The third-order valence-corrected chi connectivity index (χ3v) is 3.51. The lowest BCUT2D eigenvalue weighted by molar-refractivity contribution is -0.0182. The van der Waals surface area contributed by atoms with Crippen LogP contribution in [0.2, 0.25) is 0 Å². The zero-order valence-electron chi connectivity index (χ0n) is 9.90. The molecule has 0 aliphatic carbocycles. The van der Waals surface area contributed by atoms with Gasteiger partial charge < -0.3 is 15.0 Å². The summed E-state index contributed by atoms with van der Waals surface area (Å²) >= 11 is 1.70. The number of hydrogen-bond donors (Lipinski definition) is 1. The van der Waals surface area contributed by atoms with E-state index in [0.717, 1.165) is 43.5 Å². The van der Waals surface area contributed by atoms with Crippen LogP contribution in [0.4, 0.5) is 0 Å². The van der Waals surface area contributed by atoms with Crippen molar-refractivity contribution in [1.82, 2.24) is 15.2 Å². The highest BCUT2D eigenvalue weighted by Gasteiger charge is 2.16. The molecule has 1 atom stereocenters. The standard InChI is InChI=1S/C11H19N3OS/c1-9-13-10(8-16-9)5-12-6-11-7-14(2)3-4-15-11/h8,11-12H,3-7H2,1-2H3/t11-/m1/s1. The molecule has 16 heavy (non-hydrogen) atoms. The van der Waals surface area contributed by atoms with Crippen LogP contribution in [0.5, 0.6) is 0 Å². The molecule has 0 spiro atoms. The lowest BCUT2D eigenvalue weighted by Gasteiger charge is -2.30. The van der Waals surface area contributed by atoms with Crippen LogP contribution in [-0.4, -0.2) is 49.3 Å². The van der Waals surface area contributed by atoms with E-state index in [9.17, 15) is 0 Å². The van der Waals surface area contributed by atoms with Gasteiger partial charge >= 0.3 is 0 Å². The number of thiazole rings is 1. The maximum atomic E-state index is 5.67. The number of nitrogens with one attached hydrogen (secondary N) is 1. The topological polar surface area (TPSA) is 37.4 Å². The van der Waals surface area contributed by atoms with E-state index in [-0.39, 0.29) is 0 Å². The van der Waals surface area contributed by atoms with Crippen molar-refractivity contribution in [3.8, 4) is 0 Å². The van der Waals surface area contributed by atoms with Crippen LogP contribution in [0.3, 0.4) is 0 Å². The first-order chi connectivity index (χ1) is 7.74. The summed E-state index contributed by atoms with van der Waals surface area (Å²) in [6.07, 6.45) is 0.318. The molecule has 5 heteroatoms. The molecule has 1 aromatic rings. The molecular weight excluding hydrogens is 222 g/mol. The van der Waals surface area contributed by atoms with Crippen molar-refractivity contribution in [3.63, 3.8) is 0 Å². The van der Waals surface area contributed by atoms with Crippen LogP contribution < -0.4 is 5.32 Å². The summed E-state index contributed by atoms with van der Waals surface area (Å²) in [7, 11) is 2.14. The van der Waals surface area contributed by atoms with Crippen LogP contribution in [0, 0.1) is 6.92 Å². The molecule has 1 N–H and O–H groups in total. The van der Waals surface area contributed by atoms with Crippen molar-refractivity contribution in [3.05, 3.63) is 16.1 Å². The number of ether oxygens (including phenoxy) is 1. The molecule has 2 heterocycles. The van der Waals surface area contributed by atoms with Crippen LogP contribution in [0.15, 0.2) is 5.38 Å². The van der Waals surface area contributed by atoms with Crippen LogP contribution >= 0.6 is 11.3 Å². The van der Waals surface area contributed by atoms with Gasteiger partial charge in [-0.1, -0.05) is 0 Å². The van der Waals surface area contributed by atoms with Gasteiger partial charge in [0, 0.05) is 31.6 Å². The van der Waals surface area contributed by atoms with Crippen molar-refractivity contribution >= 4 is 11.3 Å². The number of hydrogen-bond acceptors (Lipinski definition) is 5. The van der Waals surface area contributed by atoms with E-state index in [1.165, 1.54) is 0 Å². The van der Waals surface area contributed by atoms with Crippen LogP contribution in [0.25, 0.3) is 0 Å². The molecule has 0 unspecified atom stereocenters. The van der Waals surface area contributed by atoms with E-state index in [2.05, 4.69) is 27.6 Å². The van der Waals surface area contributed by atoms with Crippen molar-refractivity contribution in [2.45, 2.75) is 19.6 Å². The Labute approximate surface area is 101 Å². The number of aromatic nitrogens is 1. The van der Waals surface area contributed by atoms with Gasteiger partial charge in [-0.05, 0) is 14.0 Å². The summed E-state index contributed by atoms with van der Waals surface area (Å²) in [6, 6.07) is 0. The number of rotatable bonds is 4. The Morgan fingerprint density at radius 3 is 3.25 bits per heavy atom. The van der Waals surface area contributed by atoms with Gasteiger partial charge in [-0.3, -0.25) is 0 Å². The lowest BCUT2D eigenvalue weighted by atomic mass is 10.3. The predicted octanol–water partition coefficient (Wildman–Crippen LogP) is 0.872. The lowest BCUT2D eigenvalue weighted by Crippen LogP contribution is -2.44. The highest BCUT2D eigenvalue weighted by Crippen LogP contribution is 2.07. The Morgan fingerprint density at radius 1 is 1.69 bits per heavy atom. The molecule has 1 aliphatic heterocycles. The van der Waals surface area contributed by atoms with Gasteiger partial charge in [-0.15, -0.1) is 11.3 Å². The maximum Gasteiger partial charge on any atom is 0.0897 e. The predicted molar refractivity (Wildman–Crippen MR) is 65.8 cm³/mol. The highest BCUT2D eigenvalue weighted by molar-refractivity contribution is 7.09. The molecule has 0 bridgehead atoms. The Morgan fingerprint density at radius 2 is 2.56 bits per heavy atom. The molecule has 4 nitrogen and oxygen atoms in total. The Balaban J connectivity index is 1.67. The summed E-state index contributed by atoms with van der Waals surface area (Å²) in [5, 5.41) is 6.64. The van der Waals surface area contributed by atoms with Crippen molar-refractivity contribution in [2.75, 3.05) is 33.3 Å². The Kier molecular flexibility index (Phi) is 4.29. The zero-order valence-corrected chi connectivity index (χ0v) is 10.7. The fourth-order valence-corrected chi connectivity index (χ4v) is 2.45. The summed E-state index contributed by atoms with van der Waals surface area (Å²) in [4.78, 5) is 6.72. The average Bonchev–Trinajstić information content (AvgIpc) is 2.64. The summed E-state index contributed by atoms with van der Waals surface area (Å²) in [6.45, 7) is 6.69. The van der Waals surface area contributed by atoms with Gasteiger partial charge in [0.05, 0.1) is 23.4 Å². The van der Waals surface area contributed by atoms with Gasteiger partial charge in [-0.25, -0.2) is 4.98 Å². The molecule has 1 aliphatic rings. The molecule has 1 aromatic heterocycles. The first kappa shape index (κ1) is 12.0. The minimum Gasteiger partial charge on any atom is -0.374 e. The summed E-state index contributed by atoms with van der Waals surface area (Å²) in [5.74, 6) is 0. The third kappa shape index (κ3) is 3.52. The SMILES string of the molecule is Cc1nc(CNC[C@@H]2CN(C)CCO2)cs1. The normalized spacial score (nSPS) is 22.5. The van der Waals surface area contributed by atoms with Gasteiger partial charge in [0.2, 0.25) is 0 Å². The molecule has 1 saturated heterocycles. The second-order valence-corrected chi connectivity index (χ2v) is 5.31. The van der Waals surface area contributed by atoms with Crippen molar-refractivity contribution < 1.29 is 4.74 Å². The number of nitrogens with zero attached hydrogens (tertiary/aromatic N) is 2. The summed E-state index contributed by atoms with van der Waals surface area (Å²) < 4.78 is 5.67. The Hall–Kier alpha value is -0.490. The minimum absolute atomic E-state index is 0.318. The second-order valence-electron chi connectivity index (χ2n) is 4.24. The van der Waals surface area contributed by atoms with Gasteiger partial charge in [0.15, 0.2) is 0 Å². The maximum absolute atomic E-state index is 5.67. The Bertz CT molecular complexity index is 329. The fourth-order valence-electron chi connectivity index (χ4n) is 1.84. The minimum atomic E-state index is 0.318. The molecule has 0 radical (unpaired) electrons. The molecule has 0 amide bonds. The monoisotopic (exact) mass is 241 g/mol. The molecule has 1 fully saturated rings. The van der Waals surface area contributed by atoms with E-state index >= 15 is 0 Å². The van der Waals surface area contributed by atoms with E-state index in [1.54, 1.807) is 11.3 Å². The first-order valence-electron chi connectivity index (χ1n) is 5.66. The van der Waals surface area contributed by atoms with Crippen LogP contribution in [0.1, 0.15) is 10.7 Å². The van der Waals surface area contributed by atoms with Gasteiger partial charge in [0.1, 0.15) is 0 Å². The van der Waals surface area contributed by atoms with E-state index in [0.29, 0.717) is 6.10 Å². The third-order valence-electron chi connectivity index (χ3n) is 2.69. The van der Waals surface area contributed by atoms with E-state index in [1.807, 2.05) is 6.92 Å². The average molecular weight is 241 g/mol. The van der Waals surface area contributed by atoms with Gasteiger partial charge in [-0.2, -0.15) is 0 Å². The molecule has 0 saturated carbocycles. The van der Waals surface area contributed by atoms with E-state index in [4.69, 9.17) is 4.74 Å². The molecular formula is C11H19N3OS. The van der Waals surface area contributed by atoms with Gasteiger partial charge in [0.25, 0.3) is 0 Å². The fraction of sp³-hybridized carbons (Fsp3) is 0.727. The van der Waals surface area contributed by atoms with Crippen LogP contribution in [-0.2, 0) is 11.3 Å². The number of morpholine rings is 1. The second kappa shape index (κ2) is 5.72. The smallest absolute Gasteiger partial charge is 0.0897 e. The quantitative estimate of drug-likeness (QED) is 0.849. The number of likely N-dealkylation sites (N-methyl/N-ethyl adjacent to an activating group) is 1.